The van der Waals surface area contributed by atoms with Crippen molar-refractivity contribution in [3.63, 3.8) is 0 Å². The lowest BCUT2D eigenvalue weighted by atomic mass is 9.90. The standard InChI is InChI=1S/C8H16N2O4/c1-8(2,5-11)4-6(10-13)14-7(12)9-3/h11,13H,4-5H2,1-3H3,(H,9,12). The number of carbonyl (C=O) groups excluding carboxylic acids is 1. The lowest BCUT2D eigenvalue weighted by Gasteiger charge is -2.20. The highest BCUT2D eigenvalue weighted by Crippen LogP contribution is 2.20. The molecule has 0 bridgehead atoms. The smallest absolute Gasteiger partial charge is 0.408 e. The molecular formula is C8H16N2O4. The predicted molar refractivity (Wildman–Crippen MR) is 50.2 cm³/mol. The van der Waals surface area contributed by atoms with E-state index in [0.29, 0.717) is 0 Å². The number of aliphatic hydroxyl groups is 1. The molecule has 0 aliphatic rings. The van der Waals surface area contributed by atoms with E-state index in [4.69, 9.17) is 10.3 Å². The number of rotatable bonds is 3. The van der Waals surface area contributed by atoms with Crippen LogP contribution in [-0.2, 0) is 4.74 Å². The van der Waals surface area contributed by atoms with Gasteiger partial charge in [-0.05, 0) is 5.41 Å². The van der Waals surface area contributed by atoms with E-state index >= 15 is 0 Å². The Labute approximate surface area is 82.6 Å². The van der Waals surface area contributed by atoms with E-state index in [1.165, 1.54) is 7.05 Å². The van der Waals surface area contributed by atoms with Crippen LogP contribution in [-0.4, -0.2) is 36.0 Å². The van der Waals surface area contributed by atoms with Gasteiger partial charge in [0, 0.05) is 20.1 Å². The first-order chi connectivity index (χ1) is 6.45. The molecule has 0 unspecified atom stereocenters. The predicted octanol–water partition coefficient (Wildman–Crippen LogP) is 0.539. The average molecular weight is 204 g/mol. The molecule has 3 N–H and O–H groups in total. The summed E-state index contributed by atoms with van der Waals surface area (Å²) in [6.45, 7) is 3.42. The third-order valence-corrected chi connectivity index (χ3v) is 1.58. The largest absolute Gasteiger partial charge is 0.413 e. The van der Waals surface area contributed by atoms with Gasteiger partial charge >= 0.3 is 6.09 Å². The molecule has 6 nitrogen and oxygen atoms in total. The first-order valence-corrected chi connectivity index (χ1v) is 4.16. The Morgan fingerprint density at radius 3 is 2.50 bits per heavy atom. The summed E-state index contributed by atoms with van der Waals surface area (Å²) in [6.07, 6.45) is -0.528. The number of hydrogen-bond donors (Lipinski definition) is 3. The molecule has 0 rings (SSSR count). The lowest BCUT2D eigenvalue weighted by molar-refractivity contribution is 0.152. The molecule has 0 aromatic heterocycles. The van der Waals surface area contributed by atoms with Gasteiger partial charge in [-0.15, -0.1) is 0 Å². The van der Waals surface area contributed by atoms with Crippen LogP contribution >= 0.6 is 0 Å². The molecule has 0 aromatic rings. The fraction of sp³-hybridized carbons (Fsp3) is 0.750. The molecule has 0 saturated carbocycles. The van der Waals surface area contributed by atoms with Gasteiger partial charge in [-0.2, -0.15) is 0 Å². The van der Waals surface area contributed by atoms with Crippen molar-refractivity contribution in [1.82, 2.24) is 5.32 Å². The van der Waals surface area contributed by atoms with Crippen molar-refractivity contribution in [1.29, 1.82) is 0 Å². The Bertz CT molecular complexity index is 225. The van der Waals surface area contributed by atoms with Crippen molar-refractivity contribution in [2.45, 2.75) is 20.3 Å². The minimum atomic E-state index is -0.702. The number of amides is 1. The molecule has 0 spiro atoms. The van der Waals surface area contributed by atoms with Crippen LogP contribution in [0.25, 0.3) is 0 Å². The zero-order valence-electron chi connectivity index (χ0n) is 8.57. The van der Waals surface area contributed by atoms with Crippen LogP contribution in [0.4, 0.5) is 4.79 Å². The topological polar surface area (TPSA) is 91.2 Å². The first-order valence-electron chi connectivity index (χ1n) is 4.16. The highest BCUT2D eigenvalue weighted by atomic mass is 16.6. The van der Waals surface area contributed by atoms with Crippen molar-refractivity contribution in [3.8, 4) is 0 Å². The average Bonchev–Trinajstić information content (AvgIpc) is 2.16. The molecule has 0 aromatic carbocycles. The second-order valence-corrected chi connectivity index (χ2v) is 3.63. The normalized spacial score (nSPS) is 12.4. The molecule has 0 aliphatic heterocycles. The maximum atomic E-state index is 10.8. The Morgan fingerprint density at radius 1 is 1.57 bits per heavy atom. The van der Waals surface area contributed by atoms with Crippen LogP contribution in [0.3, 0.4) is 0 Å². The van der Waals surface area contributed by atoms with Gasteiger partial charge < -0.3 is 20.4 Å². The van der Waals surface area contributed by atoms with Crippen molar-refractivity contribution >= 4 is 12.0 Å². The van der Waals surface area contributed by atoms with E-state index in [1.807, 2.05) is 0 Å². The summed E-state index contributed by atoms with van der Waals surface area (Å²) in [6, 6.07) is 0. The number of nitrogens with zero attached hydrogens (tertiary/aromatic N) is 1. The van der Waals surface area contributed by atoms with Crippen LogP contribution in [0.5, 0.6) is 0 Å². The summed E-state index contributed by atoms with van der Waals surface area (Å²) in [7, 11) is 1.40. The quantitative estimate of drug-likeness (QED) is 0.271. The second kappa shape index (κ2) is 5.43. The minimum Gasteiger partial charge on any atom is -0.408 e. The maximum Gasteiger partial charge on any atom is 0.413 e. The molecule has 0 radical (unpaired) electrons. The summed E-state index contributed by atoms with van der Waals surface area (Å²) < 4.78 is 4.63. The van der Waals surface area contributed by atoms with Crippen LogP contribution in [0, 0.1) is 5.41 Å². The van der Waals surface area contributed by atoms with Gasteiger partial charge in [-0.3, -0.25) is 0 Å². The lowest BCUT2D eigenvalue weighted by Crippen LogP contribution is -2.28. The van der Waals surface area contributed by atoms with E-state index in [9.17, 15) is 4.79 Å². The van der Waals surface area contributed by atoms with Gasteiger partial charge in [-0.1, -0.05) is 19.0 Å². The molecular weight excluding hydrogens is 188 g/mol. The first kappa shape index (κ1) is 12.7. The van der Waals surface area contributed by atoms with Gasteiger partial charge in [0.2, 0.25) is 5.90 Å². The van der Waals surface area contributed by atoms with E-state index in [-0.39, 0.29) is 18.9 Å². The molecule has 0 saturated heterocycles. The number of alkyl carbamates (subject to hydrolysis) is 1. The highest BCUT2D eigenvalue weighted by Gasteiger charge is 2.22. The molecule has 14 heavy (non-hydrogen) atoms. The van der Waals surface area contributed by atoms with Crippen LogP contribution in [0.15, 0.2) is 5.16 Å². The summed E-state index contributed by atoms with van der Waals surface area (Å²) >= 11 is 0. The van der Waals surface area contributed by atoms with E-state index in [1.54, 1.807) is 13.8 Å². The Hall–Kier alpha value is -1.30. The van der Waals surface area contributed by atoms with Crippen molar-refractivity contribution in [2.24, 2.45) is 10.6 Å². The van der Waals surface area contributed by atoms with Crippen LogP contribution < -0.4 is 5.32 Å². The summed E-state index contributed by atoms with van der Waals surface area (Å²) in [5, 5.41) is 22.5. The number of aliphatic hydroxyl groups excluding tert-OH is 1. The SMILES string of the molecule is CNC(=O)OC(CC(C)(C)CO)=NO. The Kier molecular flexibility index (Phi) is 4.93. The van der Waals surface area contributed by atoms with Gasteiger partial charge in [-0.25, -0.2) is 4.79 Å². The molecule has 6 heteroatoms. The van der Waals surface area contributed by atoms with Crippen LogP contribution in [0.1, 0.15) is 20.3 Å². The molecule has 1 amide bonds. The third-order valence-electron chi connectivity index (χ3n) is 1.58. The zero-order valence-corrected chi connectivity index (χ0v) is 8.57. The Balaban J connectivity index is 4.25. The molecule has 0 aliphatic carbocycles. The van der Waals surface area contributed by atoms with Crippen molar-refractivity contribution < 1.29 is 19.8 Å². The van der Waals surface area contributed by atoms with Gasteiger partial charge in [0.15, 0.2) is 0 Å². The fourth-order valence-corrected chi connectivity index (χ4v) is 0.715. The highest BCUT2D eigenvalue weighted by molar-refractivity contribution is 5.87. The molecule has 0 fully saturated rings. The van der Waals surface area contributed by atoms with E-state index < -0.39 is 11.5 Å². The second-order valence-electron chi connectivity index (χ2n) is 3.63. The summed E-state index contributed by atoms with van der Waals surface area (Å²) in [5.74, 6) is -0.122. The molecule has 82 valence electrons. The minimum absolute atomic E-state index is 0.0941. The molecule has 0 atom stereocenters. The Morgan fingerprint density at radius 2 is 2.14 bits per heavy atom. The maximum absolute atomic E-state index is 10.8. The number of hydrogen-bond acceptors (Lipinski definition) is 5. The van der Waals surface area contributed by atoms with E-state index in [2.05, 4.69) is 15.2 Å². The van der Waals surface area contributed by atoms with Crippen molar-refractivity contribution in [2.75, 3.05) is 13.7 Å². The van der Waals surface area contributed by atoms with Gasteiger partial charge in [0.1, 0.15) is 0 Å². The van der Waals surface area contributed by atoms with Crippen molar-refractivity contribution in [3.05, 3.63) is 0 Å². The number of ether oxygens (including phenoxy) is 1. The number of nitrogens with one attached hydrogen (secondary N) is 1. The third kappa shape index (κ3) is 4.66. The summed E-state index contributed by atoms with van der Waals surface area (Å²) in [4.78, 5) is 10.8. The van der Waals surface area contributed by atoms with Gasteiger partial charge in [0.25, 0.3) is 0 Å². The van der Waals surface area contributed by atoms with Crippen LogP contribution in [0.2, 0.25) is 0 Å². The van der Waals surface area contributed by atoms with E-state index in [0.717, 1.165) is 0 Å². The fourth-order valence-electron chi connectivity index (χ4n) is 0.715. The summed E-state index contributed by atoms with van der Waals surface area (Å²) in [5.41, 5.74) is -0.490. The van der Waals surface area contributed by atoms with Gasteiger partial charge in [0.05, 0.1) is 0 Å². The molecule has 0 heterocycles. The number of carbonyl (C=O) groups is 1. The number of oxime groups is 1. The monoisotopic (exact) mass is 204 g/mol. The zero-order chi connectivity index (χ0) is 11.2.